The maximum absolute atomic E-state index is 5.85. The molecule has 16 heavy (non-hydrogen) atoms. The first kappa shape index (κ1) is 9.75. The molecule has 0 amide bonds. The number of aromatic nitrogens is 2. The van der Waals surface area contributed by atoms with Crippen molar-refractivity contribution in [3.8, 4) is 10.6 Å². The van der Waals surface area contributed by atoms with Crippen LogP contribution in [-0.4, -0.2) is 9.97 Å². The maximum Gasteiger partial charge on any atom is 0.143 e. The van der Waals surface area contributed by atoms with Gasteiger partial charge in [0.25, 0.3) is 0 Å². The molecule has 0 radical (unpaired) electrons. The third-order valence-corrected chi connectivity index (χ3v) is 3.54. The van der Waals surface area contributed by atoms with E-state index < -0.39 is 0 Å². The van der Waals surface area contributed by atoms with Gasteiger partial charge in [-0.2, -0.15) is 0 Å². The van der Waals surface area contributed by atoms with Gasteiger partial charge in [-0.05, 0) is 24.3 Å². The largest absolute Gasteiger partial charge is 0.244 e. The highest BCUT2D eigenvalue weighted by molar-refractivity contribution is 7.21. The predicted octanol–water partition coefficient (Wildman–Crippen LogP) is 4.01. The van der Waals surface area contributed by atoms with Gasteiger partial charge in [0.1, 0.15) is 15.4 Å². The summed E-state index contributed by atoms with van der Waals surface area (Å²) >= 11 is 7.44. The smallest absolute Gasteiger partial charge is 0.143 e. The van der Waals surface area contributed by atoms with Crippen LogP contribution in [0.15, 0.2) is 42.6 Å². The molecule has 0 aliphatic rings. The van der Waals surface area contributed by atoms with Gasteiger partial charge in [-0.3, -0.25) is 0 Å². The van der Waals surface area contributed by atoms with Crippen LogP contribution < -0.4 is 0 Å². The van der Waals surface area contributed by atoms with Gasteiger partial charge in [0.2, 0.25) is 0 Å². The monoisotopic (exact) mass is 246 g/mol. The number of benzene rings is 1. The van der Waals surface area contributed by atoms with Crippen molar-refractivity contribution in [2.75, 3.05) is 0 Å². The zero-order chi connectivity index (χ0) is 11.0. The molecule has 3 aromatic rings. The molecule has 0 aliphatic heterocycles. The van der Waals surface area contributed by atoms with Crippen LogP contribution in [0.2, 0.25) is 5.02 Å². The second-order valence-corrected chi connectivity index (χ2v) is 4.77. The van der Waals surface area contributed by atoms with Gasteiger partial charge in [0.15, 0.2) is 0 Å². The Hall–Kier alpha value is -1.45. The minimum Gasteiger partial charge on any atom is -0.244 e. The molecule has 0 bridgehead atoms. The molecule has 0 saturated carbocycles. The topological polar surface area (TPSA) is 25.8 Å². The molecule has 0 saturated heterocycles. The van der Waals surface area contributed by atoms with Gasteiger partial charge in [-0.1, -0.05) is 35.1 Å². The fourth-order valence-electron chi connectivity index (χ4n) is 1.49. The Labute approximate surface area is 102 Å². The lowest BCUT2D eigenvalue weighted by atomic mass is 10.2. The number of nitrogens with zero attached hydrogens (tertiary/aromatic N) is 2. The zero-order valence-electron chi connectivity index (χ0n) is 8.22. The number of rotatable bonds is 1. The summed E-state index contributed by atoms with van der Waals surface area (Å²) in [5.74, 6) is 0. The van der Waals surface area contributed by atoms with E-state index in [0.29, 0.717) is 0 Å². The molecule has 2 heterocycles. The Balaban J connectivity index is 2.15. The Bertz CT molecular complexity index is 598. The van der Waals surface area contributed by atoms with Gasteiger partial charge in [0.05, 0.1) is 0 Å². The van der Waals surface area contributed by atoms with Crippen LogP contribution in [0.4, 0.5) is 0 Å². The van der Waals surface area contributed by atoms with Crippen LogP contribution in [-0.2, 0) is 0 Å². The zero-order valence-corrected chi connectivity index (χ0v) is 9.79. The number of hydrogen-bond acceptors (Lipinski definition) is 3. The Morgan fingerprint density at radius 2 is 1.88 bits per heavy atom. The van der Waals surface area contributed by atoms with Crippen LogP contribution in [0, 0.1) is 0 Å². The van der Waals surface area contributed by atoms with E-state index >= 15 is 0 Å². The maximum atomic E-state index is 5.85. The molecule has 2 nitrogen and oxygen atoms in total. The van der Waals surface area contributed by atoms with Crippen molar-refractivity contribution in [1.29, 1.82) is 0 Å². The van der Waals surface area contributed by atoms with Crippen molar-refractivity contribution < 1.29 is 0 Å². The molecule has 0 aliphatic carbocycles. The third-order valence-electron chi connectivity index (χ3n) is 2.26. The average Bonchev–Trinajstić information content (AvgIpc) is 2.73. The molecule has 0 spiro atoms. The lowest BCUT2D eigenvalue weighted by molar-refractivity contribution is 1.41. The van der Waals surface area contributed by atoms with Gasteiger partial charge in [0, 0.05) is 16.8 Å². The minimum absolute atomic E-state index is 0.739. The fourth-order valence-corrected chi connectivity index (χ4v) is 2.52. The summed E-state index contributed by atoms with van der Waals surface area (Å²) < 4.78 is 0. The van der Waals surface area contributed by atoms with E-state index in [4.69, 9.17) is 11.6 Å². The molecule has 4 heteroatoms. The van der Waals surface area contributed by atoms with E-state index in [2.05, 4.69) is 9.97 Å². The van der Waals surface area contributed by atoms with Gasteiger partial charge in [-0.25, -0.2) is 9.97 Å². The summed E-state index contributed by atoms with van der Waals surface area (Å²) in [4.78, 5) is 9.77. The molecular weight excluding hydrogens is 240 g/mol. The minimum atomic E-state index is 0.739. The molecule has 0 unspecified atom stereocenters. The second kappa shape index (κ2) is 3.85. The molecule has 1 aromatic carbocycles. The molecule has 0 atom stereocenters. The van der Waals surface area contributed by atoms with E-state index in [0.717, 1.165) is 25.9 Å². The number of thiazole rings is 1. The van der Waals surface area contributed by atoms with Crippen molar-refractivity contribution in [2.24, 2.45) is 0 Å². The highest BCUT2D eigenvalue weighted by Crippen LogP contribution is 2.29. The quantitative estimate of drug-likeness (QED) is 0.648. The Morgan fingerprint density at radius 3 is 2.62 bits per heavy atom. The normalized spacial score (nSPS) is 10.8. The summed E-state index contributed by atoms with van der Waals surface area (Å²) in [6.45, 7) is 0. The third kappa shape index (κ3) is 1.68. The van der Waals surface area contributed by atoms with Crippen LogP contribution in [0.25, 0.3) is 20.9 Å². The van der Waals surface area contributed by atoms with E-state index in [1.165, 1.54) is 0 Å². The first-order valence-electron chi connectivity index (χ1n) is 4.80. The second-order valence-electron chi connectivity index (χ2n) is 3.35. The number of halogens is 1. The summed E-state index contributed by atoms with van der Waals surface area (Å²) in [6.07, 6.45) is 1.78. The van der Waals surface area contributed by atoms with Crippen molar-refractivity contribution in [3.05, 3.63) is 47.6 Å². The summed E-state index contributed by atoms with van der Waals surface area (Å²) in [6, 6.07) is 11.6. The molecule has 2 aromatic heterocycles. The summed E-state index contributed by atoms with van der Waals surface area (Å²) in [5.41, 5.74) is 2.02. The van der Waals surface area contributed by atoms with Crippen molar-refractivity contribution in [3.63, 3.8) is 0 Å². The summed E-state index contributed by atoms with van der Waals surface area (Å²) in [7, 11) is 0. The summed E-state index contributed by atoms with van der Waals surface area (Å²) in [5, 5.41) is 1.72. The highest BCUT2D eigenvalue weighted by atomic mass is 35.5. The van der Waals surface area contributed by atoms with E-state index in [1.807, 2.05) is 36.4 Å². The SMILES string of the molecule is Clc1ccc(-c2nc3cccnc3s2)cc1. The predicted molar refractivity (Wildman–Crippen MR) is 67.9 cm³/mol. The lowest BCUT2D eigenvalue weighted by Gasteiger charge is -1.94. The number of pyridine rings is 1. The van der Waals surface area contributed by atoms with E-state index in [1.54, 1.807) is 17.5 Å². The molecule has 0 fully saturated rings. The molecular formula is C12H7ClN2S. The first-order valence-corrected chi connectivity index (χ1v) is 6.00. The molecule has 0 N–H and O–H groups in total. The van der Waals surface area contributed by atoms with Gasteiger partial charge < -0.3 is 0 Å². The van der Waals surface area contributed by atoms with Crippen molar-refractivity contribution in [2.45, 2.75) is 0 Å². The average molecular weight is 247 g/mol. The van der Waals surface area contributed by atoms with Crippen LogP contribution in [0.3, 0.4) is 0 Å². The molecule has 3 rings (SSSR count). The highest BCUT2D eigenvalue weighted by Gasteiger charge is 2.05. The van der Waals surface area contributed by atoms with E-state index in [-0.39, 0.29) is 0 Å². The van der Waals surface area contributed by atoms with Crippen LogP contribution in [0.1, 0.15) is 0 Å². The van der Waals surface area contributed by atoms with Crippen LogP contribution in [0.5, 0.6) is 0 Å². The van der Waals surface area contributed by atoms with Crippen molar-refractivity contribution in [1.82, 2.24) is 9.97 Å². The standard InChI is InChI=1S/C12H7ClN2S/c13-9-5-3-8(4-6-9)11-15-10-2-1-7-14-12(10)16-11/h1-7H. The fraction of sp³-hybridized carbons (Fsp3) is 0. The van der Waals surface area contributed by atoms with Gasteiger partial charge in [-0.15, -0.1) is 0 Å². The van der Waals surface area contributed by atoms with Crippen LogP contribution >= 0.6 is 22.9 Å². The number of hydrogen-bond donors (Lipinski definition) is 0. The number of fused-ring (bicyclic) bond motifs is 1. The Morgan fingerprint density at radius 1 is 1.06 bits per heavy atom. The lowest BCUT2D eigenvalue weighted by Crippen LogP contribution is -1.74. The first-order chi connectivity index (χ1) is 7.83. The van der Waals surface area contributed by atoms with Crippen molar-refractivity contribution >= 4 is 33.3 Å². The van der Waals surface area contributed by atoms with Gasteiger partial charge >= 0.3 is 0 Å². The Kier molecular flexibility index (Phi) is 2.35. The molecule has 78 valence electrons. The van der Waals surface area contributed by atoms with E-state index in [9.17, 15) is 0 Å².